The summed E-state index contributed by atoms with van der Waals surface area (Å²) in [4.78, 5) is 54.7. The number of hydrogen-bond donors (Lipinski definition) is 0. The first-order valence-electron chi connectivity index (χ1n) is 12.0. The van der Waals surface area contributed by atoms with Crippen molar-refractivity contribution in [1.82, 2.24) is 4.90 Å². The molecule has 1 saturated carbocycles. The quantitative estimate of drug-likeness (QED) is 0.457. The highest BCUT2D eigenvalue weighted by molar-refractivity contribution is 6.23. The van der Waals surface area contributed by atoms with Crippen LogP contribution in [-0.2, 0) is 25.7 Å². The highest BCUT2D eigenvalue weighted by Gasteiger charge is 2.45. The second-order valence-corrected chi connectivity index (χ2v) is 8.84. The van der Waals surface area contributed by atoms with E-state index >= 15 is 0 Å². The van der Waals surface area contributed by atoms with E-state index in [2.05, 4.69) is 0 Å². The van der Waals surface area contributed by atoms with Crippen molar-refractivity contribution in [1.29, 1.82) is 0 Å². The monoisotopic (exact) mass is 462 g/mol. The summed E-state index contributed by atoms with van der Waals surface area (Å²) >= 11 is 0. The van der Waals surface area contributed by atoms with Gasteiger partial charge in [-0.2, -0.15) is 0 Å². The van der Waals surface area contributed by atoms with Gasteiger partial charge in [-0.3, -0.25) is 14.4 Å². The molecule has 34 heavy (non-hydrogen) atoms. The topological polar surface area (TPSA) is 84.0 Å². The molecule has 1 aliphatic heterocycles. The smallest absolute Gasteiger partial charge is 0.338 e. The van der Waals surface area contributed by atoms with E-state index in [-0.39, 0.29) is 37.3 Å². The Morgan fingerprint density at radius 2 is 1.65 bits per heavy atom. The Hall–Kier alpha value is -3.48. The van der Waals surface area contributed by atoms with Gasteiger partial charge in [-0.15, -0.1) is 0 Å². The number of carbonyl (C=O) groups excluding carboxylic acids is 4. The zero-order chi connectivity index (χ0) is 24.1. The predicted octanol–water partition coefficient (Wildman–Crippen LogP) is 4.10. The molecule has 1 heterocycles. The second-order valence-electron chi connectivity index (χ2n) is 8.84. The van der Waals surface area contributed by atoms with E-state index in [4.69, 9.17) is 4.74 Å². The maximum atomic E-state index is 13.6. The normalized spacial score (nSPS) is 18.7. The molecule has 1 aliphatic carbocycles. The number of benzene rings is 2. The molecule has 0 bridgehead atoms. The van der Waals surface area contributed by atoms with Gasteiger partial charge in [0.1, 0.15) is 6.04 Å². The Labute approximate surface area is 199 Å². The zero-order valence-electron chi connectivity index (χ0n) is 19.4. The first-order chi connectivity index (χ1) is 16.5. The third-order valence-corrected chi connectivity index (χ3v) is 6.57. The molecular weight excluding hydrogens is 432 g/mol. The Morgan fingerprint density at radius 1 is 0.971 bits per heavy atom. The Bertz CT molecular complexity index is 1040. The van der Waals surface area contributed by atoms with Gasteiger partial charge in [0.25, 0.3) is 5.91 Å². The SMILES string of the molecule is CCOC(=O)c1ccc(N2C(=O)CC(N(Cc3ccccc3)C(=O)C3CCCCC3)C2=O)cc1. The van der Waals surface area contributed by atoms with Crippen molar-refractivity contribution in [3.8, 4) is 0 Å². The first kappa shape index (κ1) is 23.7. The lowest BCUT2D eigenvalue weighted by molar-refractivity contribution is -0.143. The molecule has 1 unspecified atom stereocenters. The van der Waals surface area contributed by atoms with Crippen LogP contribution in [0.3, 0.4) is 0 Å². The lowest BCUT2D eigenvalue weighted by atomic mass is 9.87. The highest BCUT2D eigenvalue weighted by atomic mass is 16.5. The van der Waals surface area contributed by atoms with Crippen LogP contribution in [0.5, 0.6) is 0 Å². The maximum Gasteiger partial charge on any atom is 0.338 e. The minimum Gasteiger partial charge on any atom is -0.462 e. The van der Waals surface area contributed by atoms with Crippen molar-refractivity contribution in [2.24, 2.45) is 5.92 Å². The summed E-state index contributed by atoms with van der Waals surface area (Å²) in [5.74, 6) is -1.38. The molecule has 7 nitrogen and oxygen atoms in total. The molecular formula is C27H30N2O5. The maximum absolute atomic E-state index is 13.6. The second kappa shape index (κ2) is 10.6. The molecule has 0 aromatic heterocycles. The number of carbonyl (C=O) groups is 4. The Kier molecular flexibility index (Phi) is 7.40. The van der Waals surface area contributed by atoms with Gasteiger partial charge in [0, 0.05) is 12.5 Å². The van der Waals surface area contributed by atoms with Crippen LogP contribution in [0.4, 0.5) is 5.69 Å². The molecule has 1 saturated heterocycles. The Balaban J connectivity index is 1.58. The van der Waals surface area contributed by atoms with Gasteiger partial charge in [-0.1, -0.05) is 49.6 Å². The minimum atomic E-state index is -0.841. The van der Waals surface area contributed by atoms with Crippen molar-refractivity contribution in [3.63, 3.8) is 0 Å². The average molecular weight is 463 g/mol. The first-order valence-corrected chi connectivity index (χ1v) is 12.0. The average Bonchev–Trinajstić information content (AvgIpc) is 3.17. The number of rotatable bonds is 7. The standard InChI is InChI=1S/C27H30N2O5/c1-2-34-27(33)21-13-15-22(16-14-21)29-24(30)17-23(26(29)32)28(18-19-9-5-3-6-10-19)25(31)20-11-7-4-8-12-20/h3,5-6,9-10,13-16,20,23H,2,4,7-8,11-12,17-18H2,1H3. The minimum absolute atomic E-state index is 0.0470. The fourth-order valence-corrected chi connectivity index (χ4v) is 4.80. The number of ether oxygens (including phenoxy) is 1. The Morgan fingerprint density at radius 3 is 2.29 bits per heavy atom. The van der Waals surface area contributed by atoms with Crippen LogP contribution in [0, 0.1) is 5.92 Å². The van der Waals surface area contributed by atoms with E-state index < -0.39 is 17.9 Å². The molecule has 3 amide bonds. The molecule has 2 aromatic carbocycles. The van der Waals surface area contributed by atoms with Gasteiger partial charge in [0.2, 0.25) is 11.8 Å². The lowest BCUT2D eigenvalue weighted by Gasteiger charge is -2.32. The number of esters is 1. The molecule has 0 N–H and O–H groups in total. The van der Waals surface area contributed by atoms with Crippen LogP contribution in [0.1, 0.15) is 61.4 Å². The fraction of sp³-hybridized carbons (Fsp3) is 0.407. The van der Waals surface area contributed by atoms with Crippen molar-refractivity contribution < 1.29 is 23.9 Å². The number of amides is 3. The summed E-state index contributed by atoms with van der Waals surface area (Å²) < 4.78 is 4.99. The van der Waals surface area contributed by atoms with E-state index in [1.807, 2.05) is 30.3 Å². The number of imide groups is 1. The molecule has 178 valence electrons. The van der Waals surface area contributed by atoms with E-state index in [9.17, 15) is 19.2 Å². The van der Waals surface area contributed by atoms with Crippen LogP contribution in [0.15, 0.2) is 54.6 Å². The van der Waals surface area contributed by atoms with Gasteiger partial charge < -0.3 is 9.64 Å². The van der Waals surface area contributed by atoms with Crippen molar-refractivity contribution in [2.75, 3.05) is 11.5 Å². The predicted molar refractivity (Wildman–Crippen MR) is 127 cm³/mol. The third-order valence-electron chi connectivity index (χ3n) is 6.57. The largest absolute Gasteiger partial charge is 0.462 e. The van der Waals surface area contributed by atoms with Gasteiger partial charge in [-0.25, -0.2) is 9.69 Å². The van der Waals surface area contributed by atoms with Crippen LogP contribution in [-0.4, -0.2) is 41.2 Å². The van der Waals surface area contributed by atoms with Crippen LogP contribution >= 0.6 is 0 Å². The van der Waals surface area contributed by atoms with Gasteiger partial charge in [0.05, 0.1) is 24.3 Å². The van der Waals surface area contributed by atoms with E-state index in [1.165, 1.54) is 12.1 Å². The fourth-order valence-electron chi connectivity index (χ4n) is 4.80. The highest BCUT2D eigenvalue weighted by Crippen LogP contribution is 2.31. The van der Waals surface area contributed by atoms with Crippen molar-refractivity contribution in [3.05, 3.63) is 65.7 Å². The molecule has 4 rings (SSSR count). The summed E-state index contributed by atoms with van der Waals surface area (Å²) in [6.07, 6.45) is 4.72. The summed E-state index contributed by atoms with van der Waals surface area (Å²) in [5, 5.41) is 0. The summed E-state index contributed by atoms with van der Waals surface area (Å²) in [6.45, 7) is 2.27. The number of anilines is 1. The van der Waals surface area contributed by atoms with E-state index in [0.29, 0.717) is 11.3 Å². The molecule has 2 aliphatic rings. The molecule has 0 spiro atoms. The number of nitrogens with zero attached hydrogens (tertiary/aromatic N) is 2. The van der Waals surface area contributed by atoms with Crippen LogP contribution in [0.25, 0.3) is 0 Å². The molecule has 7 heteroatoms. The van der Waals surface area contributed by atoms with Crippen LogP contribution in [0.2, 0.25) is 0 Å². The molecule has 2 fully saturated rings. The summed E-state index contributed by atoms with van der Waals surface area (Å²) in [6, 6.07) is 14.9. The zero-order valence-corrected chi connectivity index (χ0v) is 19.4. The third kappa shape index (κ3) is 5.03. The van der Waals surface area contributed by atoms with Gasteiger partial charge in [-0.05, 0) is 49.6 Å². The van der Waals surface area contributed by atoms with Crippen molar-refractivity contribution in [2.45, 2.75) is 58.0 Å². The van der Waals surface area contributed by atoms with Crippen LogP contribution < -0.4 is 4.90 Å². The number of hydrogen-bond acceptors (Lipinski definition) is 5. The van der Waals surface area contributed by atoms with Crippen molar-refractivity contribution >= 4 is 29.4 Å². The van der Waals surface area contributed by atoms with Gasteiger partial charge in [0.15, 0.2) is 0 Å². The summed E-state index contributed by atoms with van der Waals surface area (Å²) in [5.41, 5.74) is 1.65. The van der Waals surface area contributed by atoms with E-state index in [1.54, 1.807) is 24.0 Å². The molecule has 0 radical (unpaired) electrons. The lowest BCUT2D eigenvalue weighted by Crippen LogP contribution is -2.47. The summed E-state index contributed by atoms with van der Waals surface area (Å²) in [7, 11) is 0. The van der Waals surface area contributed by atoms with Gasteiger partial charge >= 0.3 is 5.97 Å². The molecule has 2 aromatic rings. The van der Waals surface area contributed by atoms with E-state index in [0.717, 1.165) is 42.6 Å². The molecule has 1 atom stereocenters.